The lowest BCUT2D eigenvalue weighted by Gasteiger charge is -2.07. The largest absolute Gasteiger partial charge is 0.497 e. The number of hydrogen-bond donors (Lipinski definition) is 1. The zero-order valence-corrected chi connectivity index (χ0v) is 9.93. The molecule has 18 heavy (non-hydrogen) atoms. The van der Waals surface area contributed by atoms with Gasteiger partial charge in [0.15, 0.2) is 0 Å². The molecule has 7 heteroatoms. The summed E-state index contributed by atoms with van der Waals surface area (Å²) in [7, 11) is 1.41. The Hall–Kier alpha value is -2.44. The van der Waals surface area contributed by atoms with Gasteiger partial charge in [0.1, 0.15) is 17.2 Å². The molecule has 0 saturated carbocycles. The molecule has 0 radical (unpaired) electrons. The van der Waals surface area contributed by atoms with Gasteiger partial charge in [-0.15, -0.1) is 0 Å². The first kappa shape index (κ1) is 13.6. The van der Waals surface area contributed by atoms with Crippen LogP contribution in [0, 0.1) is 10.1 Å². The highest BCUT2D eigenvalue weighted by atomic mass is 16.6. The van der Waals surface area contributed by atoms with Crippen molar-refractivity contribution in [2.75, 3.05) is 12.4 Å². The summed E-state index contributed by atoms with van der Waals surface area (Å²) < 4.78 is 4.91. The maximum Gasteiger partial charge on any atom is 0.293 e. The lowest BCUT2D eigenvalue weighted by Crippen LogP contribution is -2.15. The molecule has 7 nitrogen and oxygen atoms in total. The van der Waals surface area contributed by atoms with Gasteiger partial charge in [-0.2, -0.15) is 0 Å². The maximum atomic E-state index is 11.4. The van der Waals surface area contributed by atoms with Crippen molar-refractivity contribution in [2.45, 2.75) is 13.3 Å². The molecule has 1 N–H and O–H groups in total. The number of Topliss-reactive ketones (excluding diaryl/α,β-unsaturated/α-hetero) is 1. The van der Waals surface area contributed by atoms with E-state index in [1.165, 1.54) is 32.2 Å². The summed E-state index contributed by atoms with van der Waals surface area (Å²) >= 11 is 0. The standard InChI is InChI=1S/C11H12N2O5/c1-7(14)5-11(15)12-9-6-8(18-2)3-4-10(9)13(16)17/h3-4,6H,5H2,1-2H3,(H,12,15). The molecule has 0 atom stereocenters. The number of ether oxygens (including phenoxy) is 1. The molecule has 0 heterocycles. The van der Waals surface area contributed by atoms with Crippen LogP contribution >= 0.6 is 0 Å². The van der Waals surface area contributed by atoms with E-state index in [1.807, 2.05) is 0 Å². The summed E-state index contributed by atoms with van der Waals surface area (Å²) in [4.78, 5) is 32.3. The first-order valence-electron chi connectivity index (χ1n) is 5.05. The van der Waals surface area contributed by atoms with Gasteiger partial charge in [-0.05, 0) is 13.0 Å². The van der Waals surface area contributed by atoms with Crippen molar-refractivity contribution in [3.05, 3.63) is 28.3 Å². The monoisotopic (exact) mass is 252 g/mol. The predicted octanol–water partition coefficient (Wildman–Crippen LogP) is 1.52. The normalized spacial score (nSPS) is 9.67. The van der Waals surface area contributed by atoms with Crippen molar-refractivity contribution in [1.82, 2.24) is 0 Å². The van der Waals surface area contributed by atoms with Crippen molar-refractivity contribution in [2.24, 2.45) is 0 Å². The Balaban J connectivity index is 3.00. The molecule has 0 spiro atoms. The topological polar surface area (TPSA) is 98.5 Å². The zero-order chi connectivity index (χ0) is 13.7. The van der Waals surface area contributed by atoms with E-state index in [-0.39, 0.29) is 23.6 Å². The second-order valence-electron chi connectivity index (χ2n) is 3.57. The van der Waals surface area contributed by atoms with E-state index >= 15 is 0 Å². The Morgan fingerprint density at radius 1 is 1.44 bits per heavy atom. The number of carbonyl (C=O) groups is 2. The third-order valence-electron chi connectivity index (χ3n) is 2.08. The number of nitrogens with one attached hydrogen (secondary N) is 1. The fourth-order valence-electron chi connectivity index (χ4n) is 1.32. The van der Waals surface area contributed by atoms with Crippen LogP contribution in [0.2, 0.25) is 0 Å². The van der Waals surface area contributed by atoms with Crippen LogP contribution in [0.3, 0.4) is 0 Å². The first-order valence-corrected chi connectivity index (χ1v) is 5.05. The average molecular weight is 252 g/mol. The van der Waals surface area contributed by atoms with Crippen molar-refractivity contribution in [3.8, 4) is 5.75 Å². The van der Waals surface area contributed by atoms with Crippen LogP contribution < -0.4 is 10.1 Å². The number of methoxy groups -OCH3 is 1. The fourth-order valence-corrected chi connectivity index (χ4v) is 1.32. The quantitative estimate of drug-likeness (QED) is 0.486. The number of anilines is 1. The molecule has 0 aromatic heterocycles. The van der Waals surface area contributed by atoms with Crippen LogP contribution in [0.25, 0.3) is 0 Å². The number of carbonyl (C=O) groups excluding carboxylic acids is 2. The molecule has 1 amide bonds. The third kappa shape index (κ3) is 3.55. The van der Waals surface area contributed by atoms with E-state index in [9.17, 15) is 19.7 Å². The Labute approximate surface area is 103 Å². The van der Waals surface area contributed by atoms with Gasteiger partial charge in [0.05, 0.1) is 18.5 Å². The number of ketones is 1. The maximum absolute atomic E-state index is 11.4. The number of hydrogen-bond acceptors (Lipinski definition) is 5. The third-order valence-corrected chi connectivity index (χ3v) is 2.08. The Kier molecular flexibility index (Phi) is 4.36. The number of nitrogens with zero attached hydrogens (tertiary/aromatic N) is 1. The average Bonchev–Trinajstić information content (AvgIpc) is 2.27. The molecule has 1 aromatic carbocycles. The molecular weight excluding hydrogens is 240 g/mol. The van der Waals surface area contributed by atoms with Crippen LogP contribution in [0.15, 0.2) is 18.2 Å². The van der Waals surface area contributed by atoms with Crippen LogP contribution in [0.4, 0.5) is 11.4 Å². The van der Waals surface area contributed by atoms with Gasteiger partial charge in [0, 0.05) is 12.1 Å². The smallest absolute Gasteiger partial charge is 0.293 e. The highest BCUT2D eigenvalue weighted by molar-refractivity contribution is 6.04. The molecule has 96 valence electrons. The Morgan fingerprint density at radius 2 is 2.11 bits per heavy atom. The van der Waals surface area contributed by atoms with Gasteiger partial charge >= 0.3 is 0 Å². The molecular formula is C11H12N2O5. The zero-order valence-electron chi connectivity index (χ0n) is 9.93. The number of rotatable bonds is 5. The van der Waals surface area contributed by atoms with E-state index in [0.29, 0.717) is 5.75 Å². The highest BCUT2D eigenvalue weighted by Gasteiger charge is 2.17. The molecule has 1 aromatic rings. The Bertz CT molecular complexity index is 498. The molecule has 0 aliphatic rings. The minimum Gasteiger partial charge on any atom is -0.497 e. The van der Waals surface area contributed by atoms with Gasteiger partial charge in [0.2, 0.25) is 5.91 Å². The van der Waals surface area contributed by atoms with E-state index in [4.69, 9.17) is 4.74 Å². The Morgan fingerprint density at radius 3 is 2.61 bits per heavy atom. The molecule has 0 unspecified atom stereocenters. The van der Waals surface area contributed by atoms with E-state index in [2.05, 4.69) is 5.32 Å². The number of amides is 1. The summed E-state index contributed by atoms with van der Waals surface area (Å²) in [6.45, 7) is 1.26. The molecule has 0 aliphatic heterocycles. The van der Waals surface area contributed by atoms with Crippen molar-refractivity contribution < 1.29 is 19.2 Å². The summed E-state index contributed by atoms with van der Waals surface area (Å²) in [5, 5.41) is 13.1. The molecule has 0 fully saturated rings. The highest BCUT2D eigenvalue weighted by Crippen LogP contribution is 2.28. The fraction of sp³-hybridized carbons (Fsp3) is 0.273. The van der Waals surface area contributed by atoms with Gasteiger partial charge in [-0.25, -0.2) is 0 Å². The van der Waals surface area contributed by atoms with Crippen LogP contribution in [0.1, 0.15) is 13.3 Å². The molecule has 0 saturated heterocycles. The van der Waals surface area contributed by atoms with Gasteiger partial charge in [-0.1, -0.05) is 0 Å². The van der Waals surface area contributed by atoms with Gasteiger partial charge in [-0.3, -0.25) is 19.7 Å². The lowest BCUT2D eigenvalue weighted by molar-refractivity contribution is -0.383. The lowest BCUT2D eigenvalue weighted by atomic mass is 10.2. The number of nitro benzene ring substituents is 1. The molecule has 0 aliphatic carbocycles. The minimum absolute atomic E-state index is 0.00519. The van der Waals surface area contributed by atoms with E-state index < -0.39 is 10.8 Å². The number of nitro groups is 1. The van der Waals surface area contributed by atoms with Gasteiger partial charge in [0.25, 0.3) is 5.69 Å². The minimum atomic E-state index is -0.622. The van der Waals surface area contributed by atoms with Crippen molar-refractivity contribution in [1.29, 1.82) is 0 Å². The second-order valence-corrected chi connectivity index (χ2v) is 3.57. The summed E-state index contributed by atoms with van der Waals surface area (Å²) in [6.07, 6.45) is -0.325. The van der Waals surface area contributed by atoms with Gasteiger partial charge < -0.3 is 10.1 Å². The second kappa shape index (κ2) is 5.76. The molecule has 1 rings (SSSR count). The molecule has 0 bridgehead atoms. The SMILES string of the molecule is COc1ccc([N+](=O)[O-])c(NC(=O)CC(C)=O)c1. The summed E-state index contributed by atoms with van der Waals surface area (Å²) in [5.74, 6) is -0.546. The van der Waals surface area contributed by atoms with Crippen LogP contribution in [-0.4, -0.2) is 23.7 Å². The number of benzene rings is 1. The van der Waals surface area contributed by atoms with E-state index in [0.717, 1.165) is 0 Å². The first-order chi connectivity index (χ1) is 8.43. The van der Waals surface area contributed by atoms with Crippen LogP contribution in [-0.2, 0) is 9.59 Å². The van der Waals surface area contributed by atoms with Crippen LogP contribution in [0.5, 0.6) is 5.75 Å². The predicted molar refractivity (Wildman–Crippen MR) is 63.6 cm³/mol. The van der Waals surface area contributed by atoms with Crippen molar-refractivity contribution in [3.63, 3.8) is 0 Å². The van der Waals surface area contributed by atoms with Crippen molar-refractivity contribution >= 4 is 23.1 Å². The summed E-state index contributed by atoms with van der Waals surface area (Å²) in [5.41, 5.74) is -0.252. The summed E-state index contributed by atoms with van der Waals surface area (Å²) in [6, 6.07) is 3.97. The van der Waals surface area contributed by atoms with E-state index in [1.54, 1.807) is 0 Å².